The number of nitrogens with one attached hydrogen (secondary N) is 1. The van der Waals surface area contributed by atoms with Gasteiger partial charge in [-0.2, -0.15) is 4.98 Å². The first-order valence-corrected chi connectivity index (χ1v) is 8.88. The summed E-state index contributed by atoms with van der Waals surface area (Å²) < 4.78 is 16.5. The van der Waals surface area contributed by atoms with Crippen molar-refractivity contribution in [1.82, 2.24) is 9.97 Å². The minimum absolute atomic E-state index is 0.235. The number of aromatic nitrogens is 2. The van der Waals surface area contributed by atoms with Crippen molar-refractivity contribution in [3.63, 3.8) is 0 Å². The number of anilines is 2. The number of hydrogen-bond acceptors (Lipinski definition) is 7. The summed E-state index contributed by atoms with van der Waals surface area (Å²) in [6.07, 6.45) is 5.45. The van der Waals surface area contributed by atoms with Gasteiger partial charge in [-0.25, -0.2) is 4.98 Å². The fourth-order valence-electron chi connectivity index (χ4n) is 2.50. The van der Waals surface area contributed by atoms with Crippen LogP contribution < -0.4 is 25.3 Å². The van der Waals surface area contributed by atoms with Crippen LogP contribution in [0.1, 0.15) is 31.7 Å². The predicted octanol–water partition coefficient (Wildman–Crippen LogP) is 3.30. The van der Waals surface area contributed by atoms with Crippen molar-refractivity contribution < 1.29 is 14.2 Å². The van der Waals surface area contributed by atoms with Crippen molar-refractivity contribution in [3.8, 4) is 17.2 Å². The van der Waals surface area contributed by atoms with E-state index in [1.165, 1.54) is 0 Å². The van der Waals surface area contributed by atoms with E-state index < -0.39 is 0 Å². The number of nitrogens with two attached hydrogens (primary N) is 1. The first kappa shape index (κ1) is 19.6. The third-order valence-corrected chi connectivity index (χ3v) is 3.94. The molecule has 1 heterocycles. The lowest BCUT2D eigenvalue weighted by Gasteiger charge is -2.13. The molecule has 0 atom stereocenters. The van der Waals surface area contributed by atoms with E-state index >= 15 is 0 Å². The molecule has 2 aromatic rings. The van der Waals surface area contributed by atoms with Crippen LogP contribution in [0.3, 0.4) is 0 Å². The zero-order valence-corrected chi connectivity index (χ0v) is 15.7. The smallest absolute Gasteiger partial charge is 0.222 e. The van der Waals surface area contributed by atoms with E-state index in [9.17, 15) is 0 Å². The molecule has 0 aliphatic heterocycles. The monoisotopic (exact) mass is 360 g/mol. The number of benzene rings is 1. The summed E-state index contributed by atoms with van der Waals surface area (Å²) in [5, 5.41) is 3.25. The standard InChI is InChI=1S/C19H28N4O3/c1-4-5-10-21-18-17(13-22-19(20)23-18)26-11-6-7-14-8-9-15(24-2)12-16(14)25-3/h8-9,12-13H,4-7,10-11H2,1-3H3,(H3,20,21,22,23). The van der Waals surface area contributed by atoms with Gasteiger partial charge in [-0.1, -0.05) is 19.4 Å². The molecule has 1 aromatic carbocycles. The molecule has 0 fully saturated rings. The second kappa shape index (κ2) is 10.3. The van der Waals surface area contributed by atoms with Crippen molar-refractivity contribution >= 4 is 11.8 Å². The Labute approximate surface area is 154 Å². The zero-order valence-electron chi connectivity index (χ0n) is 15.7. The highest BCUT2D eigenvalue weighted by Crippen LogP contribution is 2.26. The van der Waals surface area contributed by atoms with Gasteiger partial charge >= 0.3 is 0 Å². The van der Waals surface area contributed by atoms with Gasteiger partial charge in [-0.3, -0.25) is 0 Å². The summed E-state index contributed by atoms with van der Waals surface area (Å²) >= 11 is 0. The zero-order chi connectivity index (χ0) is 18.8. The SMILES string of the molecule is CCCCNc1nc(N)ncc1OCCCc1ccc(OC)cc1OC. The molecular formula is C19H28N4O3. The molecule has 0 saturated heterocycles. The maximum absolute atomic E-state index is 5.85. The molecule has 0 unspecified atom stereocenters. The third-order valence-electron chi connectivity index (χ3n) is 3.94. The van der Waals surface area contributed by atoms with Crippen LogP contribution in [-0.4, -0.2) is 37.3 Å². The van der Waals surface area contributed by atoms with Crippen molar-refractivity contribution in [2.24, 2.45) is 0 Å². The van der Waals surface area contributed by atoms with Crippen LogP contribution in [0.2, 0.25) is 0 Å². The van der Waals surface area contributed by atoms with Crippen LogP contribution in [0.15, 0.2) is 24.4 Å². The van der Waals surface area contributed by atoms with Crippen molar-refractivity contribution in [2.75, 3.05) is 38.4 Å². The Balaban J connectivity index is 1.90. The van der Waals surface area contributed by atoms with Crippen molar-refractivity contribution in [3.05, 3.63) is 30.0 Å². The lowest BCUT2D eigenvalue weighted by Crippen LogP contribution is -2.09. The van der Waals surface area contributed by atoms with Crippen LogP contribution in [0, 0.1) is 0 Å². The maximum atomic E-state index is 5.85. The fourth-order valence-corrected chi connectivity index (χ4v) is 2.50. The Kier molecular flexibility index (Phi) is 7.79. The molecule has 7 nitrogen and oxygen atoms in total. The Morgan fingerprint density at radius 1 is 1.12 bits per heavy atom. The highest BCUT2D eigenvalue weighted by Gasteiger charge is 2.08. The Morgan fingerprint density at radius 3 is 2.69 bits per heavy atom. The van der Waals surface area contributed by atoms with E-state index in [1.54, 1.807) is 20.4 Å². The number of nitrogens with zero attached hydrogens (tertiary/aromatic N) is 2. The first-order valence-electron chi connectivity index (χ1n) is 8.88. The van der Waals surface area contributed by atoms with Crippen LogP contribution in [0.4, 0.5) is 11.8 Å². The average molecular weight is 360 g/mol. The highest BCUT2D eigenvalue weighted by atomic mass is 16.5. The molecule has 1 aromatic heterocycles. The molecule has 0 amide bonds. The van der Waals surface area contributed by atoms with Gasteiger partial charge in [0, 0.05) is 12.6 Å². The molecule has 0 saturated carbocycles. The Hall–Kier alpha value is -2.70. The lowest BCUT2D eigenvalue weighted by atomic mass is 10.1. The number of rotatable bonds is 11. The summed E-state index contributed by atoms with van der Waals surface area (Å²) in [4.78, 5) is 8.24. The third kappa shape index (κ3) is 5.68. The largest absolute Gasteiger partial charge is 0.497 e. The number of hydrogen-bond donors (Lipinski definition) is 2. The van der Waals surface area contributed by atoms with Crippen LogP contribution in [0.25, 0.3) is 0 Å². The number of aryl methyl sites for hydroxylation is 1. The van der Waals surface area contributed by atoms with E-state index in [4.69, 9.17) is 19.9 Å². The Morgan fingerprint density at radius 2 is 1.96 bits per heavy atom. The Bertz CT molecular complexity index is 694. The van der Waals surface area contributed by atoms with Gasteiger partial charge in [0.2, 0.25) is 5.95 Å². The van der Waals surface area contributed by atoms with Gasteiger partial charge in [0.1, 0.15) is 11.5 Å². The van der Waals surface area contributed by atoms with Crippen molar-refractivity contribution in [2.45, 2.75) is 32.6 Å². The minimum atomic E-state index is 0.235. The maximum Gasteiger partial charge on any atom is 0.222 e. The van der Waals surface area contributed by atoms with Gasteiger partial charge in [0.25, 0.3) is 0 Å². The normalized spacial score (nSPS) is 10.4. The quantitative estimate of drug-likeness (QED) is 0.594. The van der Waals surface area contributed by atoms with Crippen molar-refractivity contribution in [1.29, 1.82) is 0 Å². The topological polar surface area (TPSA) is 91.5 Å². The molecular weight excluding hydrogens is 332 g/mol. The summed E-state index contributed by atoms with van der Waals surface area (Å²) in [6.45, 7) is 3.51. The second-order valence-electron chi connectivity index (χ2n) is 5.85. The molecule has 0 aliphatic rings. The second-order valence-corrected chi connectivity index (χ2v) is 5.85. The first-order chi connectivity index (χ1) is 12.7. The van der Waals surface area contributed by atoms with E-state index in [-0.39, 0.29) is 5.95 Å². The van der Waals surface area contributed by atoms with E-state index in [1.807, 2.05) is 18.2 Å². The molecule has 0 aliphatic carbocycles. The van der Waals surface area contributed by atoms with Crippen LogP contribution in [-0.2, 0) is 6.42 Å². The minimum Gasteiger partial charge on any atom is -0.497 e. The number of ether oxygens (including phenoxy) is 3. The molecule has 26 heavy (non-hydrogen) atoms. The van der Waals surface area contributed by atoms with Gasteiger partial charge in [-0.15, -0.1) is 0 Å². The van der Waals surface area contributed by atoms with E-state index in [0.717, 1.165) is 49.3 Å². The summed E-state index contributed by atoms with van der Waals surface area (Å²) in [5.74, 6) is 3.11. The predicted molar refractivity (Wildman–Crippen MR) is 103 cm³/mol. The lowest BCUT2D eigenvalue weighted by molar-refractivity contribution is 0.309. The molecule has 2 rings (SSSR count). The molecule has 3 N–H and O–H groups in total. The van der Waals surface area contributed by atoms with Crippen LogP contribution in [0.5, 0.6) is 17.2 Å². The fraction of sp³-hybridized carbons (Fsp3) is 0.474. The molecule has 142 valence electrons. The van der Waals surface area contributed by atoms with Gasteiger partial charge in [0.05, 0.1) is 27.0 Å². The summed E-state index contributed by atoms with van der Waals surface area (Å²) in [6, 6.07) is 5.84. The van der Waals surface area contributed by atoms with E-state index in [0.29, 0.717) is 18.2 Å². The molecule has 0 spiro atoms. The van der Waals surface area contributed by atoms with Crippen LogP contribution >= 0.6 is 0 Å². The number of methoxy groups -OCH3 is 2. The summed E-state index contributed by atoms with van der Waals surface area (Å²) in [5.41, 5.74) is 6.79. The molecule has 0 bridgehead atoms. The van der Waals surface area contributed by atoms with Gasteiger partial charge < -0.3 is 25.3 Å². The average Bonchev–Trinajstić information content (AvgIpc) is 2.66. The number of unbranched alkanes of at least 4 members (excludes halogenated alkanes) is 1. The highest BCUT2D eigenvalue weighted by molar-refractivity contribution is 5.51. The van der Waals surface area contributed by atoms with Gasteiger partial charge in [-0.05, 0) is 30.9 Å². The molecule has 0 radical (unpaired) electrons. The number of nitrogen functional groups attached to an aromatic ring is 1. The molecule has 7 heteroatoms. The van der Waals surface area contributed by atoms with Gasteiger partial charge in [0.15, 0.2) is 11.6 Å². The summed E-state index contributed by atoms with van der Waals surface area (Å²) in [7, 11) is 3.30. The van der Waals surface area contributed by atoms with E-state index in [2.05, 4.69) is 22.2 Å².